The number of aromatic nitrogens is 3. The van der Waals surface area contributed by atoms with E-state index in [9.17, 15) is 4.79 Å². The highest BCUT2D eigenvalue weighted by atomic mass is 16.5. The van der Waals surface area contributed by atoms with Crippen LogP contribution in [0.4, 0.5) is 0 Å². The number of rotatable bonds is 5. The Morgan fingerprint density at radius 1 is 1.30 bits per heavy atom. The molecule has 1 amide bonds. The minimum absolute atomic E-state index is 0.135. The van der Waals surface area contributed by atoms with E-state index in [1.807, 2.05) is 19.3 Å². The lowest BCUT2D eigenvalue weighted by atomic mass is 10.1. The molecular formula is C20H25N5O2. The van der Waals surface area contributed by atoms with Crippen LogP contribution in [0.15, 0.2) is 30.5 Å². The third-order valence-corrected chi connectivity index (χ3v) is 5.11. The Morgan fingerprint density at radius 2 is 2.11 bits per heavy atom. The quantitative estimate of drug-likeness (QED) is 0.723. The van der Waals surface area contributed by atoms with E-state index in [0.29, 0.717) is 12.2 Å². The van der Waals surface area contributed by atoms with Crippen LogP contribution in [-0.2, 0) is 11.8 Å². The van der Waals surface area contributed by atoms with Crippen LogP contribution in [-0.4, -0.2) is 65.0 Å². The predicted molar refractivity (Wildman–Crippen MR) is 105 cm³/mol. The molecule has 2 aromatic heterocycles. The highest BCUT2D eigenvalue weighted by Crippen LogP contribution is 2.26. The second kappa shape index (κ2) is 7.54. The first kappa shape index (κ1) is 17.8. The summed E-state index contributed by atoms with van der Waals surface area (Å²) < 4.78 is 7.10. The lowest BCUT2D eigenvalue weighted by molar-refractivity contribution is 0.0383. The maximum atomic E-state index is 12.5. The number of ether oxygens (including phenoxy) is 1. The molecule has 1 aliphatic rings. The monoisotopic (exact) mass is 367 g/mol. The summed E-state index contributed by atoms with van der Waals surface area (Å²) >= 11 is 0. The number of morpholine rings is 1. The number of carbonyl (C=O) groups excluding carboxylic acids is 1. The van der Waals surface area contributed by atoms with Gasteiger partial charge < -0.3 is 15.0 Å². The van der Waals surface area contributed by atoms with E-state index < -0.39 is 0 Å². The number of fused-ring (bicyclic) bond motifs is 1. The van der Waals surface area contributed by atoms with Crippen molar-refractivity contribution >= 4 is 16.8 Å². The van der Waals surface area contributed by atoms with E-state index in [1.54, 1.807) is 4.68 Å². The number of hydrogen-bond donors (Lipinski definition) is 2. The van der Waals surface area contributed by atoms with Crippen LogP contribution in [0.25, 0.3) is 22.2 Å². The van der Waals surface area contributed by atoms with Gasteiger partial charge in [0.25, 0.3) is 5.91 Å². The fourth-order valence-electron chi connectivity index (χ4n) is 3.51. The highest BCUT2D eigenvalue weighted by molar-refractivity contribution is 5.94. The average molecular weight is 367 g/mol. The molecule has 0 unspecified atom stereocenters. The second-order valence-corrected chi connectivity index (χ2v) is 6.98. The standard InChI is InChI=1S/C20H25N5O2/c1-14-13-22-17-4-3-15(11-16(14)17)19-12-18(23-24(19)2)20(26)21-5-6-25-7-9-27-10-8-25/h3-4,11-13,22H,5-10H2,1-2H3,(H,21,26). The van der Waals surface area contributed by atoms with Gasteiger partial charge in [-0.1, -0.05) is 6.07 Å². The van der Waals surface area contributed by atoms with E-state index in [0.717, 1.165) is 49.6 Å². The molecule has 142 valence electrons. The van der Waals surface area contributed by atoms with Gasteiger partial charge in [0.1, 0.15) is 0 Å². The number of nitrogens with zero attached hydrogens (tertiary/aromatic N) is 3. The number of aryl methyl sites for hydroxylation is 2. The van der Waals surface area contributed by atoms with E-state index in [2.05, 4.69) is 45.4 Å². The van der Waals surface area contributed by atoms with E-state index >= 15 is 0 Å². The van der Waals surface area contributed by atoms with Gasteiger partial charge in [-0.25, -0.2) is 0 Å². The molecule has 1 aromatic carbocycles. The van der Waals surface area contributed by atoms with Crippen LogP contribution in [0.1, 0.15) is 16.1 Å². The van der Waals surface area contributed by atoms with E-state index in [-0.39, 0.29) is 5.91 Å². The summed E-state index contributed by atoms with van der Waals surface area (Å²) in [7, 11) is 1.87. The normalized spacial score (nSPS) is 15.3. The van der Waals surface area contributed by atoms with Gasteiger partial charge in [0.15, 0.2) is 5.69 Å². The zero-order valence-corrected chi connectivity index (χ0v) is 15.8. The van der Waals surface area contributed by atoms with Crippen LogP contribution < -0.4 is 5.32 Å². The molecule has 0 atom stereocenters. The molecule has 2 N–H and O–H groups in total. The van der Waals surface area contributed by atoms with Crippen LogP contribution in [0.3, 0.4) is 0 Å². The molecule has 27 heavy (non-hydrogen) atoms. The van der Waals surface area contributed by atoms with Crippen molar-refractivity contribution in [2.24, 2.45) is 7.05 Å². The third kappa shape index (κ3) is 3.74. The Morgan fingerprint density at radius 3 is 2.93 bits per heavy atom. The minimum Gasteiger partial charge on any atom is -0.379 e. The van der Waals surface area contributed by atoms with Crippen molar-refractivity contribution in [2.45, 2.75) is 6.92 Å². The molecule has 0 radical (unpaired) electrons. The zero-order chi connectivity index (χ0) is 18.8. The average Bonchev–Trinajstić information content (AvgIpc) is 3.25. The SMILES string of the molecule is Cc1c[nH]c2ccc(-c3cc(C(=O)NCCN4CCOCC4)nn3C)cc12. The first-order valence-electron chi connectivity index (χ1n) is 9.32. The van der Waals surface area contributed by atoms with Gasteiger partial charge in [-0.15, -0.1) is 0 Å². The van der Waals surface area contributed by atoms with Gasteiger partial charge in [-0.2, -0.15) is 5.10 Å². The Labute approximate surface area is 158 Å². The molecule has 0 saturated carbocycles. The number of nitrogens with one attached hydrogen (secondary N) is 2. The summed E-state index contributed by atoms with van der Waals surface area (Å²) in [5.41, 5.74) is 4.73. The largest absolute Gasteiger partial charge is 0.379 e. The summed E-state index contributed by atoms with van der Waals surface area (Å²) in [5.74, 6) is -0.135. The molecule has 3 aromatic rings. The van der Waals surface area contributed by atoms with Gasteiger partial charge >= 0.3 is 0 Å². The first-order valence-corrected chi connectivity index (χ1v) is 9.32. The molecule has 1 saturated heterocycles. The first-order chi connectivity index (χ1) is 13.1. The summed E-state index contributed by atoms with van der Waals surface area (Å²) in [6.45, 7) is 6.90. The summed E-state index contributed by atoms with van der Waals surface area (Å²) in [4.78, 5) is 18.0. The summed E-state index contributed by atoms with van der Waals surface area (Å²) in [6.07, 6.45) is 2.00. The Balaban J connectivity index is 1.45. The van der Waals surface area contributed by atoms with Crippen molar-refractivity contribution < 1.29 is 9.53 Å². The Bertz CT molecular complexity index is 953. The predicted octanol–water partition coefficient (Wildman–Crippen LogP) is 1.94. The Hall–Kier alpha value is -2.64. The molecule has 7 heteroatoms. The van der Waals surface area contributed by atoms with Gasteiger partial charge in [-0.3, -0.25) is 14.4 Å². The molecule has 0 aliphatic carbocycles. The fraction of sp³-hybridized carbons (Fsp3) is 0.400. The molecule has 0 spiro atoms. The Kier molecular flexibility index (Phi) is 4.96. The van der Waals surface area contributed by atoms with E-state index in [1.165, 1.54) is 10.9 Å². The van der Waals surface area contributed by atoms with Gasteiger partial charge in [-0.05, 0) is 30.7 Å². The fourth-order valence-corrected chi connectivity index (χ4v) is 3.51. The topological polar surface area (TPSA) is 75.2 Å². The van der Waals surface area contributed by atoms with E-state index in [4.69, 9.17) is 4.74 Å². The zero-order valence-electron chi connectivity index (χ0n) is 15.8. The van der Waals surface area contributed by atoms with Crippen molar-refractivity contribution in [1.29, 1.82) is 0 Å². The second-order valence-electron chi connectivity index (χ2n) is 6.98. The van der Waals surface area contributed by atoms with Crippen molar-refractivity contribution in [3.05, 3.63) is 41.7 Å². The van der Waals surface area contributed by atoms with Gasteiger partial charge in [0.2, 0.25) is 0 Å². The number of amides is 1. The third-order valence-electron chi connectivity index (χ3n) is 5.11. The maximum absolute atomic E-state index is 12.5. The number of aromatic amines is 1. The van der Waals surface area contributed by atoms with Crippen molar-refractivity contribution in [1.82, 2.24) is 25.0 Å². The van der Waals surface area contributed by atoms with Crippen molar-refractivity contribution in [3.8, 4) is 11.3 Å². The summed E-state index contributed by atoms with van der Waals surface area (Å²) in [6, 6.07) is 8.10. The lowest BCUT2D eigenvalue weighted by Crippen LogP contribution is -2.41. The van der Waals surface area contributed by atoms with Crippen molar-refractivity contribution in [2.75, 3.05) is 39.4 Å². The minimum atomic E-state index is -0.135. The molecule has 1 fully saturated rings. The van der Waals surface area contributed by atoms with Crippen molar-refractivity contribution in [3.63, 3.8) is 0 Å². The number of carbonyl (C=O) groups is 1. The highest BCUT2D eigenvalue weighted by Gasteiger charge is 2.15. The smallest absolute Gasteiger partial charge is 0.271 e. The molecular weight excluding hydrogens is 342 g/mol. The molecule has 3 heterocycles. The molecule has 7 nitrogen and oxygen atoms in total. The number of hydrogen-bond acceptors (Lipinski definition) is 4. The van der Waals surface area contributed by atoms with Crippen LogP contribution in [0.2, 0.25) is 0 Å². The maximum Gasteiger partial charge on any atom is 0.271 e. The molecule has 4 rings (SSSR count). The molecule has 0 bridgehead atoms. The van der Waals surface area contributed by atoms with Gasteiger partial charge in [0, 0.05) is 55.9 Å². The van der Waals surface area contributed by atoms with Crippen LogP contribution >= 0.6 is 0 Å². The number of benzene rings is 1. The number of H-pyrrole nitrogens is 1. The summed E-state index contributed by atoms with van der Waals surface area (Å²) in [5, 5.41) is 8.56. The lowest BCUT2D eigenvalue weighted by Gasteiger charge is -2.26. The van der Waals surface area contributed by atoms with Crippen LogP contribution in [0.5, 0.6) is 0 Å². The van der Waals surface area contributed by atoms with Crippen LogP contribution in [0, 0.1) is 6.92 Å². The van der Waals surface area contributed by atoms with Gasteiger partial charge in [0.05, 0.1) is 18.9 Å². The molecule has 1 aliphatic heterocycles.